The molecule has 0 fully saturated rings. The summed E-state index contributed by atoms with van der Waals surface area (Å²) in [5.74, 6) is 0. The topological polar surface area (TPSA) is 9.72 Å². The van der Waals surface area contributed by atoms with Crippen LogP contribution in [-0.4, -0.2) is 50.4 Å². The van der Waals surface area contributed by atoms with Crippen LogP contribution in [0.25, 0.3) is 0 Å². The molecule has 0 amide bonds. The normalized spacial score (nSPS) is 14.0. The van der Waals surface area contributed by atoms with E-state index in [9.17, 15) is 0 Å². The summed E-state index contributed by atoms with van der Waals surface area (Å²) >= 11 is 2.61. The molecular weight excluding hydrogens is 693 g/mol. The van der Waals surface area contributed by atoms with E-state index in [0.717, 1.165) is 0 Å². The van der Waals surface area contributed by atoms with Gasteiger partial charge < -0.3 is 37.2 Å². The van der Waals surface area contributed by atoms with Crippen LogP contribution in [0.15, 0.2) is 58.7 Å². The predicted octanol–water partition coefficient (Wildman–Crippen LogP) is -1.85. The minimum absolute atomic E-state index is 0. The first kappa shape index (κ1) is 43.4. The second kappa shape index (κ2) is 15.5. The zero-order valence-corrected chi connectivity index (χ0v) is 36.3. The van der Waals surface area contributed by atoms with Crippen LogP contribution >= 0.6 is 0 Å². The molecule has 0 aliphatic heterocycles. The van der Waals surface area contributed by atoms with Crippen molar-refractivity contribution in [3.63, 3.8) is 0 Å². The summed E-state index contributed by atoms with van der Waals surface area (Å²) in [5.41, 5.74) is 18.0. The molecule has 47 heavy (non-hydrogen) atoms. The van der Waals surface area contributed by atoms with E-state index in [1.807, 2.05) is 0 Å². The van der Waals surface area contributed by atoms with Gasteiger partial charge in [0.15, 0.2) is 0 Å². The summed E-state index contributed by atoms with van der Waals surface area (Å²) < 4.78 is -0.221. The quantitative estimate of drug-likeness (QED) is 0.208. The molecule has 0 bridgehead atoms. The molecule has 0 N–H and O–H groups in total. The maximum Gasteiger partial charge on any atom is -1.00 e. The molecule has 0 spiro atoms. The van der Waals surface area contributed by atoms with Crippen molar-refractivity contribution in [1.29, 1.82) is 0 Å². The van der Waals surface area contributed by atoms with Gasteiger partial charge in [-0.3, -0.25) is 0 Å². The number of benzene rings is 3. The van der Waals surface area contributed by atoms with Gasteiger partial charge >= 0.3 is 283 Å². The van der Waals surface area contributed by atoms with Crippen LogP contribution in [0.4, 0.5) is 17.1 Å². The fraction of sp³-hybridized carbons (Fsp3) is 0.436. The van der Waals surface area contributed by atoms with Gasteiger partial charge in [-0.05, 0) is 0 Å². The SMILES string of the molecule is CC1=C(C)[C]([Ti+3])([Si](c2c(C)cc(C)cc2N(C)C)(c2c(C)cc(C)cc2N(C)C)c2c(C)cc(C)cc2N(C)C)C(C)=C1C.[Cl-].[Cl-].[Cl-]. The van der Waals surface area contributed by atoms with E-state index in [4.69, 9.17) is 0 Å². The number of allylic oxidation sites excluding steroid dienone is 4. The van der Waals surface area contributed by atoms with Gasteiger partial charge in [-0.2, -0.15) is 0 Å². The van der Waals surface area contributed by atoms with Crippen molar-refractivity contribution in [3.05, 3.63) is 92.1 Å². The first-order valence-electron chi connectivity index (χ1n) is 15.8. The Bertz CT molecular complexity index is 1550. The van der Waals surface area contributed by atoms with Crippen molar-refractivity contribution in [2.75, 3.05) is 57.0 Å². The largest absolute Gasteiger partial charge is 1.00 e. The molecule has 0 unspecified atom stereocenters. The molecule has 4 rings (SSSR count). The molecule has 3 aromatic rings. The fourth-order valence-corrected chi connectivity index (χ4v) is 18.0. The summed E-state index contributed by atoms with van der Waals surface area (Å²) in [4.78, 5) is 7.14. The third kappa shape index (κ3) is 6.65. The van der Waals surface area contributed by atoms with Crippen LogP contribution in [0.2, 0.25) is 3.34 Å². The first-order valence-corrected chi connectivity index (χ1v) is 18.6. The van der Waals surface area contributed by atoms with Gasteiger partial charge in [0.05, 0.1) is 0 Å². The molecule has 1 aliphatic rings. The maximum absolute atomic E-state index is 3.09. The summed E-state index contributed by atoms with van der Waals surface area (Å²) in [6, 6.07) is 14.7. The molecule has 0 saturated heterocycles. The molecule has 0 radical (unpaired) electrons. The van der Waals surface area contributed by atoms with E-state index >= 15 is 0 Å². The van der Waals surface area contributed by atoms with E-state index in [-0.39, 0.29) is 40.6 Å². The Labute approximate surface area is 317 Å². The zero-order chi connectivity index (χ0) is 33.2. The summed E-state index contributed by atoms with van der Waals surface area (Å²) in [5, 5.41) is 4.59. The maximum atomic E-state index is 2.61. The molecule has 3 aromatic carbocycles. The van der Waals surface area contributed by atoms with Crippen LogP contribution in [-0.2, 0) is 20.4 Å². The average molecular weight is 747 g/mol. The van der Waals surface area contributed by atoms with Crippen LogP contribution in [0, 0.1) is 41.5 Å². The number of nitrogens with zero attached hydrogens (tertiary/aromatic N) is 3. The van der Waals surface area contributed by atoms with Gasteiger partial charge in [0.1, 0.15) is 0 Å². The van der Waals surface area contributed by atoms with Crippen molar-refractivity contribution in [1.82, 2.24) is 0 Å². The minimum atomic E-state index is -3.09. The van der Waals surface area contributed by atoms with E-state index in [2.05, 4.69) is 183 Å². The molecule has 0 heterocycles. The van der Waals surface area contributed by atoms with E-state index < -0.39 is 8.07 Å². The third-order valence-electron chi connectivity index (χ3n) is 10.3. The summed E-state index contributed by atoms with van der Waals surface area (Å²) in [6.07, 6.45) is 0. The number of rotatable bonds is 7. The Hall–Kier alpha value is -1.66. The molecule has 1 aliphatic carbocycles. The summed E-state index contributed by atoms with van der Waals surface area (Å²) in [6.45, 7) is 23.5. The van der Waals surface area contributed by atoms with E-state index in [1.165, 1.54) is 88.3 Å². The average Bonchev–Trinajstić information content (AvgIpc) is 3.06. The number of hydrogen-bond acceptors (Lipinski definition) is 3. The van der Waals surface area contributed by atoms with Gasteiger partial charge in [0.2, 0.25) is 0 Å². The Morgan fingerprint density at radius 3 is 0.894 bits per heavy atom. The second-order valence-corrected chi connectivity index (χ2v) is 19.8. The molecular formula is C39H54Cl3N3SiTi. The molecule has 254 valence electrons. The fourth-order valence-electron chi connectivity index (χ4n) is 8.26. The van der Waals surface area contributed by atoms with Crippen molar-refractivity contribution in [2.45, 2.75) is 72.6 Å². The van der Waals surface area contributed by atoms with Crippen LogP contribution in [0.1, 0.15) is 61.1 Å². The molecule has 0 saturated carbocycles. The Kier molecular flexibility index (Phi) is 14.3. The predicted molar refractivity (Wildman–Crippen MR) is 195 cm³/mol. The van der Waals surface area contributed by atoms with Crippen LogP contribution in [0.5, 0.6) is 0 Å². The van der Waals surface area contributed by atoms with Gasteiger partial charge in [-0.15, -0.1) is 0 Å². The van der Waals surface area contributed by atoms with Crippen molar-refractivity contribution >= 4 is 40.7 Å². The van der Waals surface area contributed by atoms with Gasteiger partial charge in [0, 0.05) is 0 Å². The molecule has 0 aromatic heterocycles. The third-order valence-corrected chi connectivity index (χ3v) is 19.3. The first-order chi connectivity index (χ1) is 20.3. The Balaban J connectivity index is 0.00000368. The van der Waals surface area contributed by atoms with E-state index in [1.54, 1.807) is 0 Å². The van der Waals surface area contributed by atoms with Crippen molar-refractivity contribution in [2.24, 2.45) is 0 Å². The molecule has 8 heteroatoms. The van der Waals surface area contributed by atoms with E-state index in [0.29, 0.717) is 0 Å². The van der Waals surface area contributed by atoms with Crippen molar-refractivity contribution in [3.8, 4) is 0 Å². The van der Waals surface area contributed by atoms with Crippen molar-refractivity contribution < 1.29 is 57.7 Å². The zero-order valence-electron chi connectivity index (χ0n) is 31.4. The molecule has 0 atom stereocenters. The van der Waals surface area contributed by atoms with Crippen LogP contribution < -0.4 is 67.5 Å². The van der Waals surface area contributed by atoms with Gasteiger partial charge in [0.25, 0.3) is 0 Å². The number of hydrogen-bond donors (Lipinski definition) is 0. The Morgan fingerprint density at radius 1 is 0.447 bits per heavy atom. The standard InChI is InChI=1S/C39H54N3Si.3ClH.Ti/c1-23-17-26(4)36(33(20-23)40(11)12)43(39-31(9)29(7)30(8)32(39)10,37-27(5)18-24(2)21-34(37)41(13)14)38-28(6)19-25(3)22-35(38)42(15)16;;;;/h17-22H,1-16H3;3*1H;/q;;;;+3/p-3. The van der Waals surface area contributed by atoms with Gasteiger partial charge in [-0.25, -0.2) is 0 Å². The smallest absolute Gasteiger partial charge is 1.00 e. The number of anilines is 3. The molecule has 3 nitrogen and oxygen atoms in total. The monoisotopic (exact) mass is 745 g/mol. The number of halogens is 3. The number of aryl methyl sites for hydroxylation is 6. The summed E-state index contributed by atoms with van der Waals surface area (Å²) in [7, 11) is 10.3. The minimum Gasteiger partial charge on any atom is -1.00 e. The Morgan fingerprint density at radius 2 is 0.681 bits per heavy atom. The second-order valence-electron chi connectivity index (χ2n) is 14.1. The van der Waals surface area contributed by atoms with Gasteiger partial charge in [-0.1, -0.05) is 0 Å². The van der Waals surface area contributed by atoms with Crippen LogP contribution in [0.3, 0.4) is 0 Å².